The summed E-state index contributed by atoms with van der Waals surface area (Å²) in [5, 5.41) is 12.1. The topological polar surface area (TPSA) is 83.5 Å². The third-order valence-electron chi connectivity index (χ3n) is 3.98. The van der Waals surface area contributed by atoms with Crippen LogP contribution in [0.5, 0.6) is 0 Å². The van der Waals surface area contributed by atoms with E-state index < -0.39 is 22.7 Å². The number of carboxylic acids is 1. The molecule has 138 valence electrons. The number of nitrogens with one attached hydrogen (secondary N) is 1. The van der Waals surface area contributed by atoms with E-state index in [1.807, 2.05) is 37.3 Å². The molecular formula is C20H23NO4S. The molecule has 2 rings (SSSR count). The maximum absolute atomic E-state index is 12.3. The number of amides is 1. The Labute approximate surface area is 155 Å². The second-order valence-electron chi connectivity index (χ2n) is 6.36. The van der Waals surface area contributed by atoms with Crippen LogP contribution in [0.15, 0.2) is 48.5 Å². The van der Waals surface area contributed by atoms with Crippen molar-refractivity contribution in [3.8, 4) is 0 Å². The number of hydrogen-bond donors (Lipinski definition) is 2. The quantitative estimate of drug-likeness (QED) is 0.745. The summed E-state index contributed by atoms with van der Waals surface area (Å²) < 4.78 is 11.3. The van der Waals surface area contributed by atoms with Crippen molar-refractivity contribution < 1.29 is 18.9 Å². The predicted molar refractivity (Wildman–Crippen MR) is 103 cm³/mol. The molecule has 26 heavy (non-hydrogen) atoms. The lowest BCUT2D eigenvalue weighted by atomic mass is 9.98. The van der Waals surface area contributed by atoms with E-state index in [-0.39, 0.29) is 12.5 Å². The Morgan fingerprint density at radius 1 is 1.12 bits per heavy atom. The van der Waals surface area contributed by atoms with Crippen molar-refractivity contribution in [1.29, 1.82) is 0 Å². The van der Waals surface area contributed by atoms with Gasteiger partial charge in [-0.1, -0.05) is 42.0 Å². The smallest absolute Gasteiger partial charge is 0.308 e. The van der Waals surface area contributed by atoms with Crippen molar-refractivity contribution in [2.24, 2.45) is 5.92 Å². The molecule has 0 aliphatic heterocycles. The normalized spacial score (nSPS) is 13.0. The average Bonchev–Trinajstić information content (AvgIpc) is 2.57. The second-order valence-corrected chi connectivity index (χ2v) is 7.79. The van der Waals surface area contributed by atoms with E-state index in [9.17, 15) is 18.9 Å². The third-order valence-corrected chi connectivity index (χ3v) is 4.72. The van der Waals surface area contributed by atoms with Gasteiger partial charge in [-0.2, -0.15) is 0 Å². The molecular weight excluding hydrogens is 350 g/mol. The van der Waals surface area contributed by atoms with E-state index in [1.54, 1.807) is 24.5 Å². The van der Waals surface area contributed by atoms with E-state index in [0.29, 0.717) is 17.7 Å². The maximum atomic E-state index is 12.3. The minimum Gasteiger partial charge on any atom is -0.481 e. The van der Waals surface area contributed by atoms with Crippen molar-refractivity contribution in [3.05, 3.63) is 70.8 Å². The van der Waals surface area contributed by atoms with Crippen LogP contribution in [0.4, 0.5) is 0 Å². The summed E-state index contributed by atoms with van der Waals surface area (Å²) in [5.74, 6) is -1.59. The monoisotopic (exact) mass is 373 g/mol. The van der Waals surface area contributed by atoms with E-state index in [0.717, 1.165) is 16.7 Å². The molecule has 2 unspecified atom stereocenters. The van der Waals surface area contributed by atoms with Crippen LogP contribution in [0.2, 0.25) is 0 Å². The molecule has 0 saturated heterocycles. The van der Waals surface area contributed by atoms with Gasteiger partial charge >= 0.3 is 5.97 Å². The zero-order valence-corrected chi connectivity index (χ0v) is 15.7. The molecule has 0 aliphatic rings. The third kappa shape index (κ3) is 6.11. The van der Waals surface area contributed by atoms with Gasteiger partial charge in [0.15, 0.2) is 0 Å². The van der Waals surface area contributed by atoms with Crippen molar-refractivity contribution >= 4 is 22.7 Å². The fourth-order valence-corrected chi connectivity index (χ4v) is 3.37. The molecule has 2 atom stereocenters. The van der Waals surface area contributed by atoms with Gasteiger partial charge in [-0.15, -0.1) is 0 Å². The van der Waals surface area contributed by atoms with Crippen LogP contribution in [0, 0.1) is 12.8 Å². The lowest BCUT2D eigenvalue weighted by Crippen LogP contribution is -2.34. The molecule has 0 fully saturated rings. The standard InChI is InChI=1S/C20H23NO4S/c1-14-5-3-6-15(9-14)10-18(20(23)24)12-21-19(22)17-8-4-7-16(11-17)13-26(2)25/h3-9,11,18H,10,12-13H2,1-2H3,(H,21,22)(H,23,24). The van der Waals surface area contributed by atoms with Crippen molar-refractivity contribution in [1.82, 2.24) is 5.32 Å². The SMILES string of the molecule is Cc1cccc(CC(CNC(=O)c2cccc(CS(C)=O)c2)C(=O)O)c1. The van der Waals surface area contributed by atoms with Gasteiger partial charge in [0, 0.05) is 34.9 Å². The number of benzene rings is 2. The highest BCUT2D eigenvalue weighted by Crippen LogP contribution is 2.12. The molecule has 5 nitrogen and oxygen atoms in total. The number of aliphatic carboxylic acids is 1. The van der Waals surface area contributed by atoms with Crippen molar-refractivity contribution in [3.63, 3.8) is 0 Å². The van der Waals surface area contributed by atoms with Crippen LogP contribution in [0.3, 0.4) is 0 Å². The fraction of sp³-hybridized carbons (Fsp3) is 0.300. The summed E-state index contributed by atoms with van der Waals surface area (Å²) in [4.78, 5) is 23.9. The van der Waals surface area contributed by atoms with Crippen LogP contribution < -0.4 is 5.32 Å². The van der Waals surface area contributed by atoms with E-state index in [1.165, 1.54) is 0 Å². The number of aryl methyl sites for hydroxylation is 1. The summed E-state index contributed by atoms with van der Waals surface area (Å²) in [6.45, 7) is 2.00. The zero-order valence-electron chi connectivity index (χ0n) is 14.9. The number of hydrogen-bond acceptors (Lipinski definition) is 3. The summed E-state index contributed by atoms with van der Waals surface area (Å²) in [7, 11) is -0.989. The van der Waals surface area contributed by atoms with Gasteiger partial charge in [-0.25, -0.2) is 0 Å². The van der Waals surface area contributed by atoms with Crippen molar-refractivity contribution in [2.75, 3.05) is 12.8 Å². The van der Waals surface area contributed by atoms with Crippen LogP contribution in [0.25, 0.3) is 0 Å². The Hall–Kier alpha value is -2.47. The molecule has 2 aromatic rings. The molecule has 6 heteroatoms. The lowest BCUT2D eigenvalue weighted by Gasteiger charge is -2.14. The van der Waals surface area contributed by atoms with Gasteiger partial charge in [-0.05, 0) is 36.6 Å². The number of carboxylic acid groups (broad SMARTS) is 1. The number of carbonyl (C=O) groups is 2. The zero-order chi connectivity index (χ0) is 19.1. The first kappa shape index (κ1) is 19.8. The molecule has 0 aromatic heterocycles. The predicted octanol–water partition coefficient (Wildman–Crippen LogP) is 2.55. The summed E-state index contributed by atoms with van der Waals surface area (Å²) in [6.07, 6.45) is 1.96. The summed E-state index contributed by atoms with van der Waals surface area (Å²) >= 11 is 0. The van der Waals surface area contributed by atoms with Gasteiger partial charge in [0.05, 0.1) is 5.92 Å². The Balaban J connectivity index is 2.01. The Morgan fingerprint density at radius 3 is 2.46 bits per heavy atom. The Morgan fingerprint density at radius 2 is 1.81 bits per heavy atom. The highest BCUT2D eigenvalue weighted by atomic mass is 32.2. The Bertz CT molecular complexity index is 819. The molecule has 0 spiro atoms. The average molecular weight is 373 g/mol. The molecule has 1 amide bonds. The van der Waals surface area contributed by atoms with Crippen LogP contribution >= 0.6 is 0 Å². The minimum absolute atomic E-state index is 0.0477. The Kier molecular flexibility index (Phi) is 7.09. The van der Waals surface area contributed by atoms with Crippen LogP contribution in [-0.2, 0) is 27.8 Å². The second kappa shape index (κ2) is 9.29. The van der Waals surface area contributed by atoms with Crippen LogP contribution in [0.1, 0.15) is 27.0 Å². The first-order valence-electron chi connectivity index (χ1n) is 8.30. The highest BCUT2D eigenvalue weighted by Gasteiger charge is 2.19. The fourth-order valence-electron chi connectivity index (χ4n) is 2.73. The molecule has 0 radical (unpaired) electrons. The summed E-state index contributed by atoms with van der Waals surface area (Å²) in [6, 6.07) is 14.6. The van der Waals surface area contributed by atoms with E-state index in [2.05, 4.69) is 5.32 Å². The number of rotatable bonds is 8. The minimum atomic E-state index is -0.989. The molecule has 0 aliphatic carbocycles. The molecule has 2 N–H and O–H groups in total. The van der Waals surface area contributed by atoms with Gasteiger partial charge < -0.3 is 10.4 Å². The largest absolute Gasteiger partial charge is 0.481 e. The van der Waals surface area contributed by atoms with E-state index in [4.69, 9.17) is 0 Å². The first-order valence-corrected chi connectivity index (χ1v) is 10.0. The molecule has 0 saturated carbocycles. The molecule has 2 aromatic carbocycles. The van der Waals surface area contributed by atoms with E-state index >= 15 is 0 Å². The first-order chi connectivity index (χ1) is 12.3. The van der Waals surface area contributed by atoms with Crippen molar-refractivity contribution in [2.45, 2.75) is 19.1 Å². The van der Waals surface area contributed by atoms with Gasteiger partial charge in [0.2, 0.25) is 0 Å². The molecule has 0 bridgehead atoms. The molecule has 0 heterocycles. The van der Waals surface area contributed by atoms with Crippen LogP contribution in [-0.4, -0.2) is 34.0 Å². The lowest BCUT2D eigenvalue weighted by molar-refractivity contribution is -0.141. The van der Waals surface area contributed by atoms with Gasteiger partial charge in [0.25, 0.3) is 5.91 Å². The summed E-state index contributed by atoms with van der Waals surface area (Å²) in [5.41, 5.74) is 3.25. The highest BCUT2D eigenvalue weighted by molar-refractivity contribution is 7.83. The number of carbonyl (C=O) groups excluding carboxylic acids is 1. The maximum Gasteiger partial charge on any atom is 0.308 e. The van der Waals surface area contributed by atoms with Gasteiger partial charge in [0.1, 0.15) is 0 Å². The van der Waals surface area contributed by atoms with Gasteiger partial charge in [-0.3, -0.25) is 13.8 Å².